The van der Waals surface area contributed by atoms with E-state index in [1.807, 2.05) is 0 Å². The van der Waals surface area contributed by atoms with Crippen molar-refractivity contribution in [3.63, 3.8) is 0 Å². The Hall–Kier alpha value is -0.270. The molecule has 0 aliphatic carbocycles. The number of ether oxygens (including phenoxy) is 3. The highest BCUT2D eigenvalue weighted by Crippen LogP contribution is 2.39. The fourth-order valence-corrected chi connectivity index (χ4v) is 1.90. The van der Waals surface area contributed by atoms with Gasteiger partial charge >= 0.3 is 0 Å². The van der Waals surface area contributed by atoms with Gasteiger partial charge in [-0.3, -0.25) is 0 Å². The molecule has 2 N–H and O–H groups in total. The zero-order chi connectivity index (χ0) is 11.2. The highest BCUT2D eigenvalue weighted by Gasteiger charge is 2.56. The van der Waals surface area contributed by atoms with Gasteiger partial charge in [-0.15, -0.1) is 0 Å². The number of aliphatic hydroxyl groups excluding tert-OH is 2. The molecule has 2 heterocycles. The van der Waals surface area contributed by atoms with Crippen molar-refractivity contribution in [2.75, 3.05) is 6.61 Å². The molecule has 0 amide bonds. The predicted molar refractivity (Wildman–Crippen MR) is 46.7 cm³/mol. The Kier molecular flexibility index (Phi) is 2.72. The van der Waals surface area contributed by atoms with Crippen molar-refractivity contribution in [1.29, 1.82) is 0 Å². The van der Waals surface area contributed by atoms with E-state index in [1.165, 1.54) is 0 Å². The van der Waals surface area contributed by atoms with Gasteiger partial charge in [-0.2, -0.15) is 0 Å². The molecule has 2 saturated heterocycles. The van der Waals surface area contributed by atoms with Crippen LogP contribution in [-0.2, 0) is 14.2 Å². The van der Waals surface area contributed by atoms with Gasteiger partial charge < -0.3 is 24.4 Å². The summed E-state index contributed by atoms with van der Waals surface area (Å²) in [6, 6.07) is 0. The van der Waals surface area contributed by atoms with Crippen LogP contribution in [0.5, 0.6) is 0 Å². The molecule has 2 rings (SSSR count). The Labute approximate surface area is 86.7 Å². The fraction of sp³-hybridized carbons (Fsp3) is 1.00. The summed E-state index contributed by atoms with van der Waals surface area (Å²) in [6.45, 7) is 2.78. The molecule has 6 heteroatoms. The lowest BCUT2D eigenvalue weighted by atomic mass is 10.1. The largest absolute Gasteiger partial charge is 0.394 e. The summed E-state index contributed by atoms with van der Waals surface area (Å²) in [5, 5.41) is 18.0. The van der Waals surface area contributed by atoms with Crippen molar-refractivity contribution in [1.82, 2.24) is 0 Å². The normalized spacial score (nSPS) is 45.4. The lowest BCUT2D eigenvalue weighted by molar-refractivity contribution is -0.222. The maximum absolute atomic E-state index is 13.7. The molecule has 0 radical (unpaired) electrons. The Morgan fingerprint density at radius 1 is 1.40 bits per heavy atom. The standard InChI is InChI=1S/C9H15FO5/c1-9(2)14-7-5(10)6(4(12)3-11)13-8(7)15-9/h4-8,11-12H,3H2,1-2H3/t4?,5-,6+,7?,8-/m0/s1. The first-order chi connectivity index (χ1) is 6.94. The van der Waals surface area contributed by atoms with Gasteiger partial charge in [0.15, 0.2) is 18.2 Å². The van der Waals surface area contributed by atoms with E-state index in [2.05, 4.69) is 0 Å². The predicted octanol–water partition coefficient (Wildman–Crippen LogP) is -0.446. The van der Waals surface area contributed by atoms with E-state index in [9.17, 15) is 9.50 Å². The van der Waals surface area contributed by atoms with E-state index in [0.29, 0.717) is 0 Å². The van der Waals surface area contributed by atoms with Crippen molar-refractivity contribution >= 4 is 0 Å². The minimum absolute atomic E-state index is 0.548. The summed E-state index contributed by atoms with van der Waals surface area (Å²) in [5.41, 5.74) is 0. The third-order valence-electron chi connectivity index (χ3n) is 2.57. The number of rotatable bonds is 2. The molecule has 88 valence electrons. The summed E-state index contributed by atoms with van der Waals surface area (Å²) >= 11 is 0. The quantitative estimate of drug-likeness (QED) is 0.662. The molecule has 0 aromatic heterocycles. The minimum atomic E-state index is -1.49. The third-order valence-corrected chi connectivity index (χ3v) is 2.57. The van der Waals surface area contributed by atoms with E-state index >= 15 is 0 Å². The topological polar surface area (TPSA) is 68.2 Å². The zero-order valence-corrected chi connectivity index (χ0v) is 8.59. The molecule has 0 spiro atoms. The van der Waals surface area contributed by atoms with Gasteiger partial charge in [-0.05, 0) is 13.8 Å². The smallest absolute Gasteiger partial charge is 0.190 e. The summed E-state index contributed by atoms with van der Waals surface area (Å²) in [4.78, 5) is 0. The van der Waals surface area contributed by atoms with Crippen LogP contribution in [0.2, 0.25) is 0 Å². The van der Waals surface area contributed by atoms with Gasteiger partial charge in [-0.1, -0.05) is 0 Å². The Morgan fingerprint density at radius 2 is 2.07 bits per heavy atom. The number of hydrogen-bond acceptors (Lipinski definition) is 5. The van der Waals surface area contributed by atoms with E-state index in [4.69, 9.17) is 19.3 Å². The molecule has 0 aromatic rings. The molecule has 0 saturated carbocycles. The fourth-order valence-electron chi connectivity index (χ4n) is 1.90. The number of halogens is 1. The number of fused-ring (bicyclic) bond motifs is 1. The van der Waals surface area contributed by atoms with Crippen molar-refractivity contribution in [2.24, 2.45) is 0 Å². The van der Waals surface area contributed by atoms with Gasteiger partial charge in [0, 0.05) is 0 Å². The van der Waals surface area contributed by atoms with Crippen molar-refractivity contribution < 1.29 is 28.8 Å². The summed E-state index contributed by atoms with van der Waals surface area (Å²) in [6.07, 6.45) is -5.45. The molecule has 2 unspecified atom stereocenters. The maximum atomic E-state index is 13.7. The van der Waals surface area contributed by atoms with Crippen molar-refractivity contribution in [2.45, 2.75) is 50.4 Å². The summed E-state index contributed by atoms with van der Waals surface area (Å²) < 4.78 is 29.5. The maximum Gasteiger partial charge on any atom is 0.190 e. The first-order valence-electron chi connectivity index (χ1n) is 4.89. The monoisotopic (exact) mass is 222 g/mol. The van der Waals surface area contributed by atoms with Crippen LogP contribution in [0.15, 0.2) is 0 Å². The molecule has 2 fully saturated rings. The highest BCUT2D eigenvalue weighted by molar-refractivity contribution is 4.95. The van der Waals surface area contributed by atoms with Crippen LogP contribution in [0.1, 0.15) is 13.8 Å². The Morgan fingerprint density at radius 3 is 2.60 bits per heavy atom. The SMILES string of the molecule is CC1(C)OC2[C@@H](O[C@H](C(O)CO)[C@@H]2F)O1. The zero-order valence-electron chi connectivity index (χ0n) is 8.59. The van der Waals surface area contributed by atoms with Crippen LogP contribution in [0.4, 0.5) is 4.39 Å². The lowest BCUT2D eigenvalue weighted by Crippen LogP contribution is -2.40. The van der Waals surface area contributed by atoms with E-state index < -0.39 is 43.2 Å². The van der Waals surface area contributed by atoms with Gasteiger partial charge in [0.1, 0.15) is 18.3 Å². The van der Waals surface area contributed by atoms with Crippen molar-refractivity contribution in [3.05, 3.63) is 0 Å². The average Bonchev–Trinajstić information content (AvgIpc) is 2.60. The molecule has 0 aromatic carbocycles. The molecule has 2 aliphatic rings. The molecular formula is C9H15FO5. The minimum Gasteiger partial charge on any atom is -0.394 e. The molecule has 5 atom stereocenters. The lowest BCUT2D eigenvalue weighted by Gasteiger charge is -2.23. The first-order valence-corrected chi connectivity index (χ1v) is 4.89. The van der Waals surface area contributed by atoms with Gasteiger partial charge in [0.2, 0.25) is 0 Å². The molecule has 5 nitrogen and oxygen atoms in total. The number of alkyl halides is 1. The van der Waals surface area contributed by atoms with Crippen molar-refractivity contribution in [3.8, 4) is 0 Å². The van der Waals surface area contributed by atoms with E-state index in [-0.39, 0.29) is 0 Å². The second kappa shape index (κ2) is 3.64. The third kappa shape index (κ3) is 1.88. The summed E-state index contributed by atoms with van der Waals surface area (Å²) in [7, 11) is 0. The van der Waals surface area contributed by atoms with E-state index in [1.54, 1.807) is 13.8 Å². The van der Waals surface area contributed by atoms with E-state index in [0.717, 1.165) is 0 Å². The molecule has 0 bridgehead atoms. The van der Waals surface area contributed by atoms with Crippen LogP contribution in [0.3, 0.4) is 0 Å². The highest BCUT2D eigenvalue weighted by atomic mass is 19.1. The van der Waals surface area contributed by atoms with Gasteiger partial charge in [0.05, 0.1) is 6.61 Å². The Bertz CT molecular complexity index is 247. The van der Waals surface area contributed by atoms with Crippen LogP contribution in [0, 0.1) is 0 Å². The van der Waals surface area contributed by atoms with Crippen LogP contribution in [-0.4, -0.2) is 53.4 Å². The molecule has 2 aliphatic heterocycles. The number of hydrogen-bond donors (Lipinski definition) is 2. The number of aliphatic hydroxyl groups is 2. The molecule has 15 heavy (non-hydrogen) atoms. The van der Waals surface area contributed by atoms with Crippen LogP contribution < -0.4 is 0 Å². The van der Waals surface area contributed by atoms with Crippen LogP contribution >= 0.6 is 0 Å². The first kappa shape index (κ1) is 11.2. The summed E-state index contributed by atoms with van der Waals surface area (Å²) in [5.74, 6) is -0.866. The second-order valence-corrected chi connectivity index (χ2v) is 4.26. The molecular weight excluding hydrogens is 207 g/mol. The van der Waals surface area contributed by atoms with Crippen LogP contribution in [0.25, 0.3) is 0 Å². The van der Waals surface area contributed by atoms with Gasteiger partial charge in [-0.25, -0.2) is 4.39 Å². The average molecular weight is 222 g/mol. The second-order valence-electron chi connectivity index (χ2n) is 4.26. The Balaban J connectivity index is 2.05. The van der Waals surface area contributed by atoms with Gasteiger partial charge in [0.25, 0.3) is 0 Å².